The van der Waals surface area contributed by atoms with Crippen LogP contribution in [0.15, 0.2) is 0 Å². The van der Waals surface area contributed by atoms with Crippen molar-refractivity contribution in [2.75, 3.05) is 13.1 Å². The standard InChI is InChI=1S/C12H24N2O/c1-9(10(2)15)13-11-5-7-14-6-3-4-12(14)8-11/h9-13,15H,3-8H2,1-2H3. The molecule has 0 spiro atoms. The molecule has 0 saturated carbocycles. The summed E-state index contributed by atoms with van der Waals surface area (Å²) in [4.78, 5) is 2.63. The molecule has 88 valence electrons. The minimum Gasteiger partial charge on any atom is -0.392 e. The average Bonchev–Trinajstić information content (AvgIpc) is 2.64. The molecular formula is C12H24N2O. The lowest BCUT2D eigenvalue weighted by Gasteiger charge is -2.37. The Bertz CT molecular complexity index is 206. The fourth-order valence-corrected chi connectivity index (χ4v) is 2.89. The van der Waals surface area contributed by atoms with Crippen LogP contribution >= 0.6 is 0 Å². The molecule has 0 aromatic carbocycles. The van der Waals surface area contributed by atoms with E-state index >= 15 is 0 Å². The van der Waals surface area contributed by atoms with E-state index in [0.29, 0.717) is 6.04 Å². The van der Waals surface area contributed by atoms with Crippen molar-refractivity contribution in [1.29, 1.82) is 0 Å². The Morgan fingerprint density at radius 1 is 1.27 bits per heavy atom. The molecular weight excluding hydrogens is 188 g/mol. The second-order valence-corrected chi connectivity index (χ2v) is 5.25. The summed E-state index contributed by atoms with van der Waals surface area (Å²) < 4.78 is 0. The Balaban J connectivity index is 1.80. The van der Waals surface area contributed by atoms with Gasteiger partial charge in [0, 0.05) is 18.1 Å². The molecule has 2 saturated heterocycles. The molecule has 3 heteroatoms. The molecule has 2 rings (SSSR count). The molecule has 0 aliphatic carbocycles. The van der Waals surface area contributed by atoms with Gasteiger partial charge in [-0.1, -0.05) is 0 Å². The zero-order valence-corrected chi connectivity index (χ0v) is 9.95. The number of aliphatic hydroxyl groups excluding tert-OH is 1. The van der Waals surface area contributed by atoms with Gasteiger partial charge in [0.1, 0.15) is 0 Å². The lowest BCUT2D eigenvalue weighted by Crippen LogP contribution is -2.50. The quantitative estimate of drug-likeness (QED) is 0.732. The topological polar surface area (TPSA) is 35.5 Å². The van der Waals surface area contributed by atoms with E-state index in [1.165, 1.54) is 38.8 Å². The largest absolute Gasteiger partial charge is 0.392 e. The summed E-state index contributed by atoms with van der Waals surface area (Å²) in [6, 6.07) is 1.66. The summed E-state index contributed by atoms with van der Waals surface area (Å²) in [6.45, 7) is 6.49. The Hall–Kier alpha value is -0.120. The van der Waals surface area contributed by atoms with Crippen LogP contribution in [0.3, 0.4) is 0 Å². The van der Waals surface area contributed by atoms with Gasteiger partial charge < -0.3 is 15.3 Å². The highest BCUT2D eigenvalue weighted by Gasteiger charge is 2.32. The van der Waals surface area contributed by atoms with Crippen LogP contribution in [0.5, 0.6) is 0 Å². The maximum absolute atomic E-state index is 9.47. The van der Waals surface area contributed by atoms with Crippen molar-refractivity contribution in [3.63, 3.8) is 0 Å². The summed E-state index contributed by atoms with van der Waals surface area (Å²) in [5.74, 6) is 0. The van der Waals surface area contributed by atoms with Gasteiger partial charge in [-0.05, 0) is 52.6 Å². The average molecular weight is 212 g/mol. The second kappa shape index (κ2) is 4.81. The van der Waals surface area contributed by atoms with E-state index < -0.39 is 0 Å². The predicted molar refractivity (Wildman–Crippen MR) is 61.9 cm³/mol. The third kappa shape index (κ3) is 2.71. The fraction of sp³-hybridized carbons (Fsp3) is 1.00. The van der Waals surface area contributed by atoms with Gasteiger partial charge in [0.2, 0.25) is 0 Å². The van der Waals surface area contributed by atoms with E-state index in [4.69, 9.17) is 0 Å². The van der Waals surface area contributed by atoms with Crippen LogP contribution in [-0.4, -0.2) is 47.3 Å². The van der Waals surface area contributed by atoms with Gasteiger partial charge >= 0.3 is 0 Å². The molecule has 0 bridgehead atoms. The SMILES string of the molecule is CC(O)C(C)NC1CCN2CCCC2C1. The van der Waals surface area contributed by atoms with Crippen molar-refractivity contribution < 1.29 is 5.11 Å². The van der Waals surface area contributed by atoms with Crippen LogP contribution in [-0.2, 0) is 0 Å². The monoisotopic (exact) mass is 212 g/mol. The normalized spacial score (nSPS) is 36.2. The zero-order valence-electron chi connectivity index (χ0n) is 9.95. The molecule has 2 fully saturated rings. The third-order valence-electron chi connectivity index (χ3n) is 4.04. The number of nitrogens with zero attached hydrogens (tertiary/aromatic N) is 1. The molecule has 0 amide bonds. The van der Waals surface area contributed by atoms with E-state index in [2.05, 4.69) is 17.1 Å². The maximum Gasteiger partial charge on any atom is 0.0662 e. The maximum atomic E-state index is 9.47. The van der Waals surface area contributed by atoms with Gasteiger partial charge in [0.25, 0.3) is 0 Å². The first kappa shape index (κ1) is 11.4. The van der Waals surface area contributed by atoms with Gasteiger partial charge in [-0.15, -0.1) is 0 Å². The number of hydrogen-bond donors (Lipinski definition) is 2. The van der Waals surface area contributed by atoms with Crippen molar-refractivity contribution in [3.8, 4) is 0 Å². The van der Waals surface area contributed by atoms with Crippen LogP contribution in [0, 0.1) is 0 Å². The van der Waals surface area contributed by atoms with Crippen molar-refractivity contribution in [2.45, 2.75) is 63.8 Å². The van der Waals surface area contributed by atoms with Gasteiger partial charge in [-0.3, -0.25) is 0 Å². The number of hydrogen-bond acceptors (Lipinski definition) is 3. The van der Waals surface area contributed by atoms with Crippen molar-refractivity contribution in [1.82, 2.24) is 10.2 Å². The summed E-state index contributed by atoms with van der Waals surface area (Å²) >= 11 is 0. The summed E-state index contributed by atoms with van der Waals surface area (Å²) in [5, 5.41) is 13.0. The molecule has 2 heterocycles. The molecule has 2 aliphatic rings. The minimum atomic E-state index is -0.244. The molecule has 2 aliphatic heterocycles. The van der Waals surface area contributed by atoms with Gasteiger partial charge in [-0.25, -0.2) is 0 Å². The summed E-state index contributed by atoms with van der Waals surface area (Å²) in [7, 11) is 0. The first-order valence-corrected chi connectivity index (χ1v) is 6.35. The van der Waals surface area contributed by atoms with Crippen molar-refractivity contribution in [2.24, 2.45) is 0 Å². The highest BCUT2D eigenvalue weighted by Crippen LogP contribution is 2.27. The predicted octanol–water partition coefficient (Wildman–Crippen LogP) is 0.972. The Morgan fingerprint density at radius 2 is 2.07 bits per heavy atom. The molecule has 3 nitrogen and oxygen atoms in total. The van der Waals surface area contributed by atoms with Crippen LogP contribution < -0.4 is 5.32 Å². The number of rotatable bonds is 3. The number of aliphatic hydroxyl groups is 1. The van der Waals surface area contributed by atoms with Crippen LogP contribution in [0.25, 0.3) is 0 Å². The lowest BCUT2D eigenvalue weighted by atomic mass is 9.96. The van der Waals surface area contributed by atoms with Crippen molar-refractivity contribution >= 4 is 0 Å². The summed E-state index contributed by atoms with van der Waals surface area (Å²) in [6.07, 6.45) is 5.03. The first-order chi connectivity index (χ1) is 7.16. The van der Waals surface area contributed by atoms with Crippen molar-refractivity contribution in [3.05, 3.63) is 0 Å². The Morgan fingerprint density at radius 3 is 2.80 bits per heavy atom. The molecule has 4 unspecified atom stereocenters. The van der Waals surface area contributed by atoms with E-state index in [0.717, 1.165) is 6.04 Å². The highest BCUT2D eigenvalue weighted by molar-refractivity contribution is 4.90. The minimum absolute atomic E-state index is 0.225. The first-order valence-electron chi connectivity index (χ1n) is 6.35. The molecule has 0 aromatic heterocycles. The smallest absolute Gasteiger partial charge is 0.0662 e. The van der Waals surface area contributed by atoms with Gasteiger partial charge in [0.05, 0.1) is 6.10 Å². The molecule has 15 heavy (non-hydrogen) atoms. The zero-order chi connectivity index (χ0) is 10.8. The summed E-state index contributed by atoms with van der Waals surface area (Å²) in [5.41, 5.74) is 0. The highest BCUT2D eigenvalue weighted by atomic mass is 16.3. The third-order valence-corrected chi connectivity index (χ3v) is 4.04. The van der Waals surface area contributed by atoms with Crippen LogP contribution in [0.1, 0.15) is 39.5 Å². The van der Waals surface area contributed by atoms with Gasteiger partial charge in [-0.2, -0.15) is 0 Å². The Labute approximate surface area is 92.8 Å². The number of fused-ring (bicyclic) bond motifs is 1. The molecule has 2 N–H and O–H groups in total. The Kier molecular flexibility index (Phi) is 3.65. The van der Waals surface area contributed by atoms with E-state index in [9.17, 15) is 5.11 Å². The van der Waals surface area contributed by atoms with Crippen LogP contribution in [0.2, 0.25) is 0 Å². The van der Waals surface area contributed by atoms with E-state index in [1.54, 1.807) is 0 Å². The lowest BCUT2D eigenvalue weighted by molar-refractivity contribution is 0.118. The number of nitrogens with one attached hydrogen (secondary N) is 1. The van der Waals surface area contributed by atoms with Gasteiger partial charge in [0.15, 0.2) is 0 Å². The van der Waals surface area contributed by atoms with E-state index in [1.807, 2.05) is 6.92 Å². The fourth-order valence-electron chi connectivity index (χ4n) is 2.89. The molecule has 4 atom stereocenters. The molecule has 0 aromatic rings. The second-order valence-electron chi connectivity index (χ2n) is 5.25. The van der Waals surface area contributed by atoms with E-state index in [-0.39, 0.29) is 12.1 Å². The number of piperidine rings is 1. The molecule has 0 radical (unpaired) electrons. The van der Waals surface area contributed by atoms with Crippen LogP contribution in [0.4, 0.5) is 0 Å².